The summed E-state index contributed by atoms with van der Waals surface area (Å²) in [6, 6.07) is 20.6. The van der Waals surface area contributed by atoms with E-state index in [4.69, 9.17) is 10.8 Å². The van der Waals surface area contributed by atoms with Gasteiger partial charge in [0.25, 0.3) is 0 Å². The summed E-state index contributed by atoms with van der Waals surface area (Å²) in [5.41, 5.74) is 0. The maximum Gasteiger partial charge on any atom is 2.00 e. The normalized spacial score (nSPS) is 9.93. The van der Waals surface area contributed by atoms with Crippen LogP contribution >= 0.6 is 60.7 Å². The average Bonchev–Trinajstić information content (AvgIpc) is 2.52. The Hall–Kier alpha value is 1.25. The zero-order valence-electron chi connectivity index (χ0n) is 16.7. The number of hydrogen-bond donors (Lipinski definition) is 0. The Bertz CT molecular complexity index is 533. The molecule has 2 rings (SSSR count). The predicted molar refractivity (Wildman–Crippen MR) is 140 cm³/mol. The first-order chi connectivity index (χ1) is 11.2. The molecule has 28 heavy (non-hydrogen) atoms. The van der Waals surface area contributed by atoms with Gasteiger partial charge < -0.3 is 10.8 Å². The molecule has 0 radical (unpaired) electrons. The van der Waals surface area contributed by atoms with Crippen LogP contribution in [0.1, 0.15) is 0 Å². The fourth-order valence-electron chi connectivity index (χ4n) is 1.56. The van der Waals surface area contributed by atoms with E-state index in [1.54, 1.807) is 23.5 Å². The molecule has 0 fully saturated rings. The quantitative estimate of drug-likeness (QED) is 0.250. The van der Waals surface area contributed by atoms with Gasteiger partial charge in [0.2, 0.25) is 0 Å². The van der Waals surface area contributed by atoms with Crippen molar-refractivity contribution in [2.45, 2.75) is 36.0 Å². The smallest absolute Gasteiger partial charge is 0.679 e. The molecule has 0 aromatic heterocycles. The van der Waals surface area contributed by atoms with Gasteiger partial charge in [0.15, 0.2) is 0 Å². The van der Waals surface area contributed by atoms with Crippen LogP contribution in [0.15, 0.2) is 70.5 Å². The second-order valence-electron chi connectivity index (χ2n) is 6.97. The van der Waals surface area contributed by atoms with Crippen LogP contribution in [0.4, 0.5) is 0 Å². The van der Waals surface area contributed by atoms with E-state index in [0.29, 0.717) is 0 Å². The zero-order chi connectivity index (χ0) is 18.1. The maximum atomic E-state index is 7.80. The Morgan fingerprint density at radius 2 is 0.857 bits per heavy atom. The van der Waals surface area contributed by atoms with Gasteiger partial charge in [-0.3, -0.25) is 0 Å². The number of nitrogens with one attached hydrogen (secondary N) is 2. The molecule has 0 heterocycles. The molecule has 0 bridgehead atoms. The van der Waals surface area contributed by atoms with E-state index in [1.807, 2.05) is 36.4 Å². The van der Waals surface area contributed by atoms with E-state index < -0.39 is 16.5 Å². The summed E-state index contributed by atoms with van der Waals surface area (Å²) in [7, 11) is -3.25. The van der Waals surface area contributed by atoms with Crippen LogP contribution in [-0.2, 0) is 26.2 Å². The topological polar surface area (TPSA) is 47.6 Å². The Kier molecular flexibility index (Phi) is 24.8. The molecule has 0 amide bonds. The van der Waals surface area contributed by atoms with Gasteiger partial charge in [0.1, 0.15) is 0 Å². The van der Waals surface area contributed by atoms with Crippen molar-refractivity contribution in [3.63, 3.8) is 0 Å². The van der Waals surface area contributed by atoms with Crippen LogP contribution in [0.5, 0.6) is 0 Å². The molecule has 2 nitrogen and oxygen atoms in total. The molecule has 0 unspecified atom stereocenters. The van der Waals surface area contributed by atoms with E-state index in [0.717, 1.165) is 10.8 Å². The Balaban J connectivity index is -0.000000180. The standard InChI is InChI=1S/2C9H14NSSi.3ClH.Zr/c2*1-12(2,10)8-11-9-6-4-3-5-7-9;;;;/h2*3-7,10H,8H2,1-2H3;3*1H;/q2*-1;;;;+2. The number of benzene rings is 2. The van der Waals surface area contributed by atoms with Crippen molar-refractivity contribution in [1.82, 2.24) is 0 Å². The van der Waals surface area contributed by atoms with Gasteiger partial charge in [0, 0.05) is 9.79 Å². The Morgan fingerprint density at radius 1 is 0.607 bits per heavy atom. The fourth-order valence-corrected chi connectivity index (χ4v) is 6.48. The van der Waals surface area contributed by atoms with Gasteiger partial charge in [-0.05, 0) is 35.0 Å². The van der Waals surface area contributed by atoms with E-state index in [9.17, 15) is 0 Å². The molecular formula is C18H31Cl3N2S2Si2Zr. The Labute approximate surface area is 219 Å². The molecule has 0 spiro atoms. The van der Waals surface area contributed by atoms with E-state index in [1.165, 1.54) is 9.79 Å². The first-order valence-corrected chi connectivity index (χ1v) is 16.4. The molecule has 2 N–H and O–H groups in total. The Morgan fingerprint density at radius 3 is 1.07 bits per heavy atom. The second-order valence-corrected chi connectivity index (χ2v) is 18.3. The van der Waals surface area contributed by atoms with E-state index in [2.05, 4.69) is 50.5 Å². The van der Waals surface area contributed by atoms with Crippen LogP contribution in [0.2, 0.25) is 26.2 Å². The molecule has 158 valence electrons. The van der Waals surface area contributed by atoms with Crippen molar-refractivity contribution in [2.24, 2.45) is 0 Å². The van der Waals surface area contributed by atoms with Gasteiger partial charge in [-0.1, -0.05) is 79.1 Å². The number of thioether (sulfide) groups is 2. The molecule has 0 atom stereocenters. The van der Waals surface area contributed by atoms with Crippen molar-refractivity contribution in [2.75, 3.05) is 10.8 Å². The molecule has 0 aliphatic rings. The van der Waals surface area contributed by atoms with E-state index in [-0.39, 0.29) is 63.4 Å². The minimum Gasteiger partial charge on any atom is -0.679 e. The minimum absolute atomic E-state index is 0. The third-order valence-electron chi connectivity index (χ3n) is 2.69. The molecule has 0 aliphatic carbocycles. The van der Waals surface area contributed by atoms with Gasteiger partial charge in [-0.2, -0.15) is 0 Å². The summed E-state index contributed by atoms with van der Waals surface area (Å²) >= 11 is 3.60. The van der Waals surface area contributed by atoms with Crippen LogP contribution < -0.4 is 0 Å². The summed E-state index contributed by atoms with van der Waals surface area (Å²) in [6.07, 6.45) is 0. The SMILES string of the molecule is C[Si](C)([NH-])CSc1ccccc1.C[Si](C)([NH-])CSc1ccccc1.Cl.Cl.Cl.[Zr+2]. The van der Waals surface area contributed by atoms with Crippen LogP contribution in [0.3, 0.4) is 0 Å². The minimum atomic E-state index is -1.63. The van der Waals surface area contributed by atoms with Gasteiger partial charge >= 0.3 is 26.2 Å². The molecular weight excluding hydrogens is 562 g/mol. The first-order valence-electron chi connectivity index (χ1n) is 8.01. The number of rotatable bonds is 6. The molecule has 0 aliphatic heterocycles. The van der Waals surface area contributed by atoms with E-state index >= 15 is 0 Å². The summed E-state index contributed by atoms with van der Waals surface area (Å²) in [5.74, 6) is 0. The van der Waals surface area contributed by atoms with Gasteiger partial charge in [0.05, 0.1) is 0 Å². The van der Waals surface area contributed by atoms with Crippen LogP contribution in [0, 0.1) is 0 Å². The summed E-state index contributed by atoms with van der Waals surface area (Å²) in [5, 5.41) is 17.6. The third-order valence-corrected chi connectivity index (χ3v) is 10.8. The van der Waals surface area contributed by atoms with Crippen LogP contribution in [-0.4, -0.2) is 27.2 Å². The molecule has 2 aromatic carbocycles. The molecule has 0 saturated carbocycles. The molecule has 0 saturated heterocycles. The fraction of sp³-hybridized carbons (Fsp3) is 0.333. The van der Waals surface area contributed by atoms with Crippen molar-refractivity contribution in [3.05, 3.63) is 71.5 Å². The number of hydrogen-bond acceptors (Lipinski definition) is 2. The van der Waals surface area contributed by atoms with Crippen molar-refractivity contribution in [3.8, 4) is 0 Å². The van der Waals surface area contributed by atoms with Crippen molar-refractivity contribution < 1.29 is 26.2 Å². The molecule has 10 heteroatoms. The summed E-state index contributed by atoms with van der Waals surface area (Å²) in [6.45, 7) is 8.29. The maximum absolute atomic E-state index is 7.80. The average molecular weight is 593 g/mol. The van der Waals surface area contributed by atoms with Gasteiger partial charge in [-0.15, -0.1) is 60.7 Å². The summed E-state index contributed by atoms with van der Waals surface area (Å²) in [4.78, 5) is 2.57. The van der Waals surface area contributed by atoms with Crippen molar-refractivity contribution in [1.29, 1.82) is 0 Å². The largest absolute Gasteiger partial charge is 2.00 e. The number of halogens is 3. The molecule has 2 aromatic rings. The van der Waals surface area contributed by atoms with Gasteiger partial charge in [-0.25, -0.2) is 0 Å². The second kappa shape index (κ2) is 19.0. The van der Waals surface area contributed by atoms with Crippen LogP contribution in [0.25, 0.3) is 10.8 Å². The monoisotopic (exact) mass is 590 g/mol. The third kappa shape index (κ3) is 21.9. The summed E-state index contributed by atoms with van der Waals surface area (Å²) < 4.78 is 0. The van der Waals surface area contributed by atoms with Crippen molar-refractivity contribution >= 4 is 77.2 Å². The first kappa shape index (κ1) is 36.6. The zero-order valence-corrected chi connectivity index (χ0v) is 25.3. The predicted octanol–water partition coefficient (Wildman–Crippen LogP) is 8.41.